The first-order valence-corrected chi connectivity index (χ1v) is 5.05. The smallest absolute Gasteiger partial charge is 0.287 e. The van der Waals surface area contributed by atoms with Crippen LogP contribution in [0.2, 0.25) is 5.22 Å². The molecule has 0 unspecified atom stereocenters. The van der Waals surface area contributed by atoms with E-state index in [1.54, 1.807) is 4.68 Å². The van der Waals surface area contributed by atoms with E-state index in [-0.39, 0.29) is 16.9 Å². The number of furan rings is 1. The molecule has 0 aliphatic carbocycles. The topological polar surface area (TPSA) is 60.1 Å². The minimum Gasteiger partial charge on any atom is -0.440 e. The number of carbonyl (C=O) groups is 1. The van der Waals surface area contributed by atoms with Gasteiger partial charge in [0.1, 0.15) is 0 Å². The van der Waals surface area contributed by atoms with Crippen LogP contribution in [-0.4, -0.2) is 15.7 Å². The van der Waals surface area contributed by atoms with Crippen LogP contribution in [-0.2, 0) is 13.6 Å². The van der Waals surface area contributed by atoms with Crippen LogP contribution in [0.1, 0.15) is 16.2 Å². The molecule has 1 amide bonds. The second kappa shape index (κ2) is 4.40. The molecule has 0 bridgehead atoms. The van der Waals surface area contributed by atoms with E-state index in [2.05, 4.69) is 10.4 Å². The van der Waals surface area contributed by atoms with Gasteiger partial charge in [0.25, 0.3) is 5.91 Å². The van der Waals surface area contributed by atoms with Crippen molar-refractivity contribution in [2.45, 2.75) is 6.54 Å². The number of carbonyl (C=O) groups excluding carboxylic acids is 1. The number of nitrogens with one attached hydrogen (secondary N) is 1. The van der Waals surface area contributed by atoms with E-state index in [1.807, 2.05) is 19.3 Å². The average Bonchev–Trinajstić information content (AvgIpc) is 2.84. The van der Waals surface area contributed by atoms with E-state index in [0.717, 1.165) is 5.69 Å². The van der Waals surface area contributed by atoms with E-state index < -0.39 is 0 Å². The number of aromatic nitrogens is 2. The fourth-order valence-electron chi connectivity index (χ4n) is 1.25. The predicted octanol–water partition coefficient (Wildman–Crippen LogP) is 1.60. The molecule has 1 N–H and O–H groups in total. The molecule has 2 heterocycles. The molecular weight excluding hydrogens is 230 g/mol. The highest BCUT2D eigenvalue weighted by Gasteiger charge is 2.10. The fourth-order valence-corrected chi connectivity index (χ4v) is 1.40. The third-order valence-corrected chi connectivity index (χ3v) is 2.20. The molecule has 6 heteroatoms. The fraction of sp³-hybridized carbons (Fsp3) is 0.200. The normalized spacial score (nSPS) is 10.4. The van der Waals surface area contributed by atoms with Gasteiger partial charge in [-0.15, -0.1) is 0 Å². The number of hydrogen-bond acceptors (Lipinski definition) is 3. The van der Waals surface area contributed by atoms with Gasteiger partial charge in [-0.25, -0.2) is 0 Å². The number of rotatable bonds is 3. The summed E-state index contributed by atoms with van der Waals surface area (Å²) in [5, 5.41) is 7.00. The second-order valence-corrected chi connectivity index (χ2v) is 3.64. The Balaban J connectivity index is 1.93. The van der Waals surface area contributed by atoms with Crippen LogP contribution in [0, 0.1) is 0 Å². The van der Waals surface area contributed by atoms with Gasteiger partial charge in [0.2, 0.25) is 0 Å². The highest BCUT2D eigenvalue weighted by Crippen LogP contribution is 2.12. The van der Waals surface area contributed by atoms with Gasteiger partial charge in [-0.3, -0.25) is 9.48 Å². The van der Waals surface area contributed by atoms with Crippen molar-refractivity contribution >= 4 is 17.5 Å². The highest BCUT2D eigenvalue weighted by atomic mass is 35.5. The van der Waals surface area contributed by atoms with Crippen molar-refractivity contribution in [2.75, 3.05) is 0 Å². The maximum Gasteiger partial charge on any atom is 0.287 e. The van der Waals surface area contributed by atoms with Crippen molar-refractivity contribution in [3.8, 4) is 0 Å². The first-order valence-electron chi connectivity index (χ1n) is 4.67. The molecule has 0 saturated carbocycles. The molecule has 0 radical (unpaired) electrons. The van der Waals surface area contributed by atoms with Gasteiger partial charge in [-0.2, -0.15) is 5.10 Å². The molecule has 0 aromatic carbocycles. The minimum atomic E-state index is -0.308. The van der Waals surface area contributed by atoms with Crippen molar-refractivity contribution in [1.29, 1.82) is 0 Å². The van der Waals surface area contributed by atoms with Crippen molar-refractivity contribution in [3.63, 3.8) is 0 Å². The maximum absolute atomic E-state index is 11.5. The second-order valence-electron chi connectivity index (χ2n) is 3.27. The van der Waals surface area contributed by atoms with Crippen LogP contribution >= 0.6 is 11.6 Å². The summed E-state index contributed by atoms with van der Waals surface area (Å²) in [6.07, 6.45) is 1.81. The molecule has 0 fully saturated rings. The predicted molar refractivity (Wildman–Crippen MR) is 58.1 cm³/mol. The van der Waals surface area contributed by atoms with E-state index in [1.165, 1.54) is 12.1 Å². The van der Waals surface area contributed by atoms with Gasteiger partial charge in [0.15, 0.2) is 11.0 Å². The largest absolute Gasteiger partial charge is 0.440 e. The Labute approximate surface area is 97.0 Å². The average molecular weight is 240 g/mol. The molecule has 2 rings (SSSR count). The summed E-state index contributed by atoms with van der Waals surface area (Å²) in [7, 11) is 1.82. The zero-order valence-corrected chi connectivity index (χ0v) is 9.36. The minimum absolute atomic E-state index is 0.195. The van der Waals surface area contributed by atoms with Crippen LogP contribution in [0.15, 0.2) is 28.8 Å². The summed E-state index contributed by atoms with van der Waals surface area (Å²) in [6, 6.07) is 4.88. The Kier molecular flexibility index (Phi) is 2.96. The van der Waals surface area contributed by atoms with Crippen molar-refractivity contribution in [1.82, 2.24) is 15.1 Å². The summed E-state index contributed by atoms with van der Waals surface area (Å²) in [6.45, 7) is 0.359. The Morgan fingerprint density at radius 2 is 2.38 bits per heavy atom. The lowest BCUT2D eigenvalue weighted by atomic mass is 10.4. The number of halogens is 1. The van der Waals surface area contributed by atoms with E-state index in [0.29, 0.717) is 6.54 Å². The molecule has 0 aliphatic heterocycles. The van der Waals surface area contributed by atoms with Crippen LogP contribution in [0.25, 0.3) is 0 Å². The third-order valence-electron chi connectivity index (χ3n) is 2.00. The van der Waals surface area contributed by atoms with Crippen molar-refractivity contribution in [2.24, 2.45) is 7.05 Å². The van der Waals surface area contributed by atoms with Gasteiger partial charge in [-0.05, 0) is 29.8 Å². The number of nitrogens with zero attached hydrogens (tertiary/aromatic N) is 2. The summed E-state index contributed by atoms with van der Waals surface area (Å²) in [5.41, 5.74) is 0.786. The lowest BCUT2D eigenvalue weighted by Crippen LogP contribution is -2.22. The maximum atomic E-state index is 11.5. The Morgan fingerprint density at radius 3 is 2.94 bits per heavy atom. The summed E-state index contributed by atoms with van der Waals surface area (Å²) in [5.74, 6) is -0.113. The monoisotopic (exact) mass is 239 g/mol. The molecular formula is C10H10ClN3O2. The molecule has 0 aliphatic rings. The lowest BCUT2D eigenvalue weighted by Gasteiger charge is -1.99. The lowest BCUT2D eigenvalue weighted by molar-refractivity contribution is 0.0922. The number of amides is 1. The first-order chi connectivity index (χ1) is 7.65. The molecule has 16 heavy (non-hydrogen) atoms. The number of aryl methyl sites for hydroxylation is 1. The summed E-state index contributed by atoms with van der Waals surface area (Å²) >= 11 is 5.56. The van der Waals surface area contributed by atoms with Crippen molar-refractivity contribution < 1.29 is 9.21 Å². The quantitative estimate of drug-likeness (QED) is 0.885. The van der Waals surface area contributed by atoms with E-state index in [9.17, 15) is 4.79 Å². The zero-order chi connectivity index (χ0) is 11.5. The van der Waals surface area contributed by atoms with Crippen LogP contribution in [0.5, 0.6) is 0 Å². The van der Waals surface area contributed by atoms with Crippen LogP contribution in [0.4, 0.5) is 0 Å². The first kappa shape index (κ1) is 10.8. The van der Waals surface area contributed by atoms with Gasteiger partial charge >= 0.3 is 0 Å². The standard InChI is InChI=1S/C10H10ClN3O2/c1-14-5-4-7(13-14)6-12-10(15)8-2-3-9(11)16-8/h2-5H,6H2,1H3,(H,12,15). The molecule has 0 spiro atoms. The van der Waals surface area contributed by atoms with Gasteiger partial charge in [0.05, 0.1) is 12.2 Å². The zero-order valence-electron chi connectivity index (χ0n) is 8.61. The van der Waals surface area contributed by atoms with Gasteiger partial charge in [0, 0.05) is 13.2 Å². The highest BCUT2D eigenvalue weighted by molar-refractivity contribution is 6.29. The Morgan fingerprint density at radius 1 is 1.56 bits per heavy atom. The Bertz CT molecular complexity index is 504. The molecule has 84 valence electrons. The summed E-state index contributed by atoms with van der Waals surface area (Å²) in [4.78, 5) is 11.5. The SMILES string of the molecule is Cn1ccc(CNC(=O)c2ccc(Cl)o2)n1. The van der Waals surface area contributed by atoms with Crippen LogP contribution in [0.3, 0.4) is 0 Å². The number of hydrogen-bond donors (Lipinski definition) is 1. The Hall–Kier alpha value is -1.75. The summed E-state index contributed by atoms with van der Waals surface area (Å²) < 4.78 is 6.64. The molecule has 2 aromatic heterocycles. The van der Waals surface area contributed by atoms with Gasteiger partial charge < -0.3 is 9.73 Å². The molecule has 5 nitrogen and oxygen atoms in total. The van der Waals surface area contributed by atoms with Crippen molar-refractivity contribution in [3.05, 3.63) is 41.1 Å². The molecule has 0 atom stereocenters. The van der Waals surface area contributed by atoms with E-state index >= 15 is 0 Å². The van der Waals surface area contributed by atoms with Crippen LogP contribution < -0.4 is 5.32 Å². The third kappa shape index (κ3) is 2.43. The molecule has 2 aromatic rings. The van der Waals surface area contributed by atoms with E-state index in [4.69, 9.17) is 16.0 Å². The molecule has 0 saturated heterocycles. The van der Waals surface area contributed by atoms with Gasteiger partial charge in [-0.1, -0.05) is 0 Å².